The van der Waals surface area contributed by atoms with Crippen molar-refractivity contribution >= 4 is 17.6 Å². The fourth-order valence-electron chi connectivity index (χ4n) is 1.02. The molecule has 1 N–H and O–H groups in total. The summed E-state index contributed by atoms with van der Waals surface area (Å²) in [5.41, 5.74) is -0.248. The average molecular weight is 221 g/mol. The van der Waals surface area contributed by atoms with Crippen molar-refractivity contribution in [3.8, 4) is 0 Å². The molecule has 1 rings (SSSR count). The summed E-state index contributed by atoms with van der Waals surface area (Å²) in [6.45, 7) is 1.26. The Bertz CT molecular complexity index is 379. The minimum Gasteiger partial charge on any atom is -0.481 e. The second kappa shape index (κ2) is 3.92. The molecule has 1 aromatic rings. The van der Waals surface area contributed by atoms with Crippen LogP contribution in [0.15, 0.2) is 12.1 Å². The molecule has 0 bridgehead atoms. The van der Waals surface area contributed by atoms with Gasteiger partial charge in [0.15, 0.2) is 11.6 Å². The normalized spacial score (nSPS) is 12.6. The molecule has 0 saturated carbocycles. The second-order valence-corrected chi connectivity index (χ2v) is 3.29. The van der Waals surface area contributed by atoms with Gasteiger partial charge in [-0.05, 0) is 19.1 Å². The van der Waals surface area contributed by atoms with Crippen LogP contribution < -0.4 is 0 Å². The molecule has 0 saturated heterocycles. The number of halogens is 3. The molecule has 14 heavy (non-hydrogen) atoms. The fourth-order valence-corrected chi connectivity index (χ4v) is 1.24. The van der Waals surface area contributed by atoms with Gasteiger partial charge in [-0.3, -0.25) is 4.79 Å². The lowest BCUT2D eigenvalue weighted by Crippen LogP contribution is -2.10. The lowest BCUT2D eigenvalue weighted by molar-refractivity contribution is -0.138. The molecular formula is C9H7ClF2O2. The van der Waals surface area contributed by atoms with Crippen LogP contribution in [-0.2, 0) is 4.79 Å². The molecule has 0 heterocycles. The maximum atomic E-state index is 13.1. The summed E-state index contributed by atoms with van der Waals surface area (Å²) in [4.78, 5) is 10.5. The third-order valence-corrected chi connectivity index (χ3v) is 2.08. The van der Waals surface area contributed by atoms with Crippen LogP contribution in [0.5, 0.6) is 0 Å². The first kappa shape index (κ1) is 10.9. The van der Waals surface area contributed by atoms with Gasteiger partial charge in [-0.15, -0.1) is 0 Å². The predicted octanol–water partition coefficient (Wildman–Crippen LogP) is 2.81. The topological polar surface area (TPSA) is 37.3 Å². The Morgan fingerprint density at radius 1 is 1.50 bits per heavy atom. The van der Waals surface area contributed by atoms with Gasteiger partial charge in [0.25, 0.3) is 0 Å². The Morgan fingerprint density at radius 2 is 2.07 bits per heavy atom. The van der Waals surface area contributed by atoms with Gasteiger partial charge < -0.3 is 5.11 Å². The first-order chi connectivity index (χ1) is 6.43. The molecule has 1 aromatic carbocycles. The molecule has 1 unspecified atom stereocenters. The summed E-state index contributed by atoms with van der Waals surface area (Å²) in [5.74, 6) is -4.65. The van der Waals surface area contributed by atoms with Crippen LogP contribution in [-0.4, -0.2) is 11.1 Å². The van der Waals surface area contributed by atoms with Gasteiger partial charge in [-0.25, -0.2) is 8.78 Å². The van der Waals surface area contributed by atoms with Gasteiger partial charge in [-0.1, -0.05) is 11.6 Å². The third kappa shape index (κ3) is 2.01. The van der Waals surface area contributed by atoms with Crippen molar-refractivity contribution in [3.63, 3.8) is 0 Å². The summed E-state index contributed by atoms with van der Waals surface area (Å²) in [6, 6.07) is 1.91. The highest BCUT2D eigenvalue weighted by molar-refractivity contribution is 6.30. The Morgan fingerprint density at radius 3 is 2.57 bits per heavy atom. The highest BCUT2D eigenvalue weighted by Crippen LogP contribution is 2.25. The molecule has 0 amide bonds. The number of hydrogen-bond donors (Lipinski definition) is 1. The molecule has 0 radical (unpaired) electrons. The Kier molecular flexibility index (Phi) is 3.06. The molecule has 5 heteroatoms. The van der Waals surface area contributed by atoms with Gasteiger partial charge in [-0.2, -0.15) is 0 Å². The van der Waals surface area contributed by atoms with Crippen LogP contribution in [0.3, 0.4) is 0 Å². The van der Waals surface area contributed by atoms with E-state index < -0.39 is 23.5 Å². The quantitative estimate of drug-likeness (QED) is 0.779. The highest BCUT2D eigenvalue weighted by atomic mass is 35.5. The first-order valence-electron chi connectivity index (χ1n) is 3.80. The highest BCUT2D eigenvalue weighted by Gasteiger charge is 2.20. The SMILES string of the molecule is CC(C(=O)O)c1cc(Cl)cc(F)c1F. The van der Waals surface area contributed by atoms with Crippen LogP contribution >= 0.6 is 11.6 Å². The van der Waals surface area contributed by atoms with E-state index in [1.54, 1.807) is 0 Å². The second-order valence-electron chi connectivity index (χ2n) is 2.85. The van der Waals surface area contributed by atoms with Crippen LogP contribution in [0.4, 0.5) is 8.78 Å². The van der Waals surface area contributed by atoms with Crippen molar-refractivity contribution in [3.05, 3.63) is 34.4 Å². The van der Waals surface area contributed by atoms with E-state index in [1.165, 1.54) is 6.92 Å². The maximum absolute atomic E-state index is 13.1. The number of carbonyl (C=O) groups is 1. The molecule has 0 aliphatic rings. The molecular weight excluding hydrogens is 214 g/mol. The van der Waals surface area contributed by atoms with Gasteiger partial charge in [0.05, 0.1) is 5.92 Å². The van der Waals surface area contributed by atoms with Crippen LogP contribution in [0.25, 0.3) is 0 Å². The average Bonchev–Trinajstić information content (AvgIpc) is 2.09. The van der Waals surface area contributed by atoms with Gasteiger partial charge >= 0.3 is 5.97 Å². The number of carboxylic acids is 1. The maximum Gasteiger partial charge on any atom is 0.310 e. The standard InChI is InChI=1S/C9H7ClF2O2/c1-4(9(13)14)6-2-5(10)3-7(11)8(6)12/h2-4H,1H3,(H,13,14). The number of hydrogen-bond acceptors (Lipinski definition) is 1. The van der Waals surface area contributed by atoms with Crippen molar-refractivity contribution in [2.45, 2.75) is 12.8 Å². The van der Waals surface area contributed by atoms with Crippen molar-refractivity contribution in [1.29, 1.82) is 0 Å². The summed E-state index contributed by atoms with van der Waals surface area (Å²) in [5, 5.41) is 8.59. The van der Waals surface area contributed by atoms with E-state index in [4.69, 9.17) is 16.7 Å². The van der Waals surface area contributed by atoms with Crippen molar-refractivity contribution < 1.29 is 18.7 Å². The fraction of sp³-hybridized carbons (Fsp3) is 0.222. The number of rotatable bonds is 2. The molecule has 0 fully saturated rings. The van der Waals surface area contributed by atoms with Crippen molar-refractivity contribution in [2.24, 2.45) is 0 Å². The zero-order valence-corrected chi connectivity index (χ0v) is 7.98. The zero-order valence-electron chi connectivity index (χ0n) is 7.22. The smallest absolute Gasteiger partial charge is 0.310 e. The number of benzene rings is 1. The van der Waals surface area contributed by atoms with Crippen LogP contribution in [0.2, 0.25) is 5.02 Å². The summed E-state index contributed by atoms with van der Waals surface area (Å²) >= 11 is 5.47. The van der Waals surface area contributed by atoms with Gasteiger partial charge in [0.1, 0.15) is 0 Å². The minimum absolute atomic E-state index is 0.0213. The molecule has 0 aliphatic heterocycles. The molecule has 76 valence electrons. The van der Waals surface area contributed by atoms with E-state index in [0.717, 1.165) is 12.1 Å². The Hall–Kier alpha value is -1.16. The predicted molar refractivity (Wildman–Crippen MR) is 47.4 cm³/mol. The number of carboxylic acid groups (broad SMARTS) is 1. The molecule has 1 atom stereocenters. The minimum atomic E-state index is -1.23. The zero-order chi connectivity index (χ0) is 10.9. The third-order valence-electron chi connectivity index (χ3n) is 1.86. The van der Waals surface area contributed by atoms with E-state index in [1.807, 2.05) is 0 Å². The summed E-state index contributed by atoms with van der Waals surface area (Å²) in [6.07, 6.45) is 0. The van der Waals surface area contributed by atoms with Gasteiger partial charge in [0, 0.05) is 10.6 Å². The van der Waals surface area contributed by atoms with E-state index in [2.05, 4.69) is 0 Å². The van der Waals surface area contributed by atoms with E-state index >= 15 is 0 Å². The summed E-state index contributed by atoms with van der Waals surface area (Å²) < 4.78 is 25.9. The van der Waals surface area contributed by atoms with Crippen molar-refractivity contribution in [2.75, 3.05) is 0 Å². The Balaban J connectivity index is 3.26. The van der Waals surface area contributed by atoms with Crippen LogP contribution in [0.1, 0.15) is 18.4 Å². The van der Waals surface area contributed by atoms with E-state index in [0.29, 0.717) is 0 Å². The molecule has 0 aromatic heterocycles. The lowest BCUT2D eigenvalue weighted by Gasteiger charge is -2.08. The molecule has 2 nitrogen and oxygen atoms in total. The van der Waals surface area contributed by atoms with Crippen LogP contribution in [0, 0.1) is 11.6 Å². The Labute approximate surface area is 84.1 Å². The first-order valence-corrected chi connectivity index (χ1v) is 4.18. The van der Waals surface area contributed by atoms with E-state index in [-0.39, 0.29) is 10.6 Å². The summed E-state index contributed by atoms with van der Waals surface area (Å²) in [7, 11) is 0. The molecule has 0 aliphatic carbocycles. The lowest BCUT2D eigenvalue weighted by atomic mass is 10.0. The van der Waals surface area contributed by atoms with Crippen molar-refractivity contribution in [1.82, 2.24) is 0 Å². The monoisotopic (exact) mass is 220 g/mol. The van der Waals surface area contributed by atoms with Gasteiger partial charge in [0.2, 0.25) is 0 Å². The molecule has 0 spiro atoms. The number of aliphatic carboxylic acids is 1. The van der Waals surface area contributed by atoms with E-state index in [9.17, 15) is 13.6 Å². The largest absolute Gasteiger partial charge is 0.481 e.